The van der Waals surface area contributed by atoms with Crippen LogP contribution in [0, 0.1) is 0 Å². The summed E-state index contributed by atoms with van der Waals surface area (Å²) in [5.74, 6) is 1.21. The van der Waals surface area contributed by atoms with Crippen molar-refractivity contribution in [2.45, 2.75) is 25.2 Å². The van der Waals surface area contributed by atoms with E-state index < -0.39 is 6.17 Å². The summed E-state index contributed by atoms with van der Waals surface area (Å²) >= 11 is 0. The third-order valence-electron chi connectivity index (χ3n) is 4.30. The highest BCUT2D eigenvalue weighted by Gasteiger charge is 2.28. The average Bonchev–Trinajstić information content (AvgIpc) is 3.33. The molecule has 0 saturated carbocycles. The van der Waals surface area contributed by atoms with Crippen LogP contribution in [-0.2, 0) is 6.54 Å². The van der Waals surface area contributed by atoms with Crippen LogP contribution in [0.2, 0.25) is 0 Å². The Morgan fingerprint density at radius 3 is 3.16 bits per heavy atom. The van der Waals surface area contributed by atoms with Gasteiger partial charge in [-0.3, -0.25) is 14.3 Å². The summed E-state index contributed by atoms with van der Waals surface area (Å²) in [7, 11) is 1.68. The van der Waals surface area contributed by atoms with Crippen LogP contribution >= 0.6 is 0 Å². The van der Waals surface area contributed by atoms with Gasteiger partial charge in [0.15, 0.2) is 5.82 Å². The first-order valence-corrected chi connectivity index (χ1v) is 8.08. The normalized spacial score (nSPS) is 20.2. The lowest BCUT2D eigenvalue weighted by atomic mass is 10.2. The highest BCUT2D eigenvalue weighted by Crippen LogP contribution is 2.22. The number of nitrogens with one attached hydrogen (secondary N) is 2. The zero-order chi connectivity index (χ0) is 17.4. The first-order valence-electron chi connectivity index (χ1n) is 8.08. The van der Waals surface area contributed by atoms with Crippen molar-refractivity contribution < 1.29 is 9.18 Å². The molecule has 0 aliphatic carbocycles. The molecule has 3 aromatic heterocycles. The smallest absolute Gasteiger partial charge is 0.290 e. The summed E-state index contributed by atoms with van der Waals surface area (Å²) in [5, 5.41) is 10.00. The van der Waals surface area contributed by atoms with E-state index in [1.165, 1.54) is 4.90 Å². The fourth-order valence-corrected chi connectivity index (χ4v) is 3.00. The number of fused-ring (bicyclic) bond motifs is 1. The molecule has 0 unspecified atom stereocenters. The van der Waals surface area contributed by atoms with Gasteiger partial charge in [0.2, 0.25) is 5.82 Å². The van der Waals surface area contributed by atoms with Crippen LogP contribution in [0.5, 0.6) is 0 Å². The number of H-pyrrole nitrogens is 1. The first-order chi connectivity index (χ1) is 12.1. The number of halogens is 1. The van der Waals surface area contributed by atoms with Gasteiger partial charge >= 0.3 is 0 Å². The van der Waals surface area contributed by atoms with E-state index in [9.17, 15) is 9.18 Å². The van der Waals surface area contributed by atoms with Crippen LogP contribution in [0.4, 0.5) is 4.39 Å². The van der Waals surface area contributed by atoms with Crippen molar-refractivity contribution in [1.82, 2.24) is 34.8 Å². The lowest BCUT2D eigenvalue weighted by Gasteiger charge is -2.14. The van der Waals surface area contributed by atoms with Gasteiger partial charge in [0.25, 0.3) is 5.91 Å². The number of imidazole rings is 1. The van der Waals surface area contributed by atoms with E-state index >= 15 is 0 Å². The number of hydrogen-bond donors (Lipinski definition) is 2. The van der Waals surface area contributed by atoms with Gasteiger partial charge in [0.1, 0.15) is 12.0 Å². The minimum absolute atomic E-state index is 0.183. The SMILES string of the molecule is CN(Cc1nc([C@H]2C[C@H](F)CN2)n[nH]1)C(=O)c1ncc2ccccn12. The van der Waals surface area contributed by atoms with Gasteiger partial charge in [-0.25, -0.2) is 14.4 Å². The number of carbonyl (C=O) groups excluding carboxylic acids is 1. The summed E-state index contributed by atoms with van der Waals surface area (Å²) in [6.07, 6.45) is 2.96. The largest absolute Gasteiger partial charge is 0.332 e. The van der Waals surface area contributed by atoms with Crippen molar-refractivity contribution in [1.29, 1.82) is 0 Å². The van der Waals surface area contributed by atoms with E-state index in [1.54, 1.807) is 23.8 Å². The van der Waals surface area contributed by atoms with Crippen LogP contribution in [0.3, 0.4) is 0 Å². The number of hydrogen-bond acceptors (Lipinski definition) is 5. The number of aromatic nitrogens is 5. The van der Waals surface area contributed by atoms with Crippen LogP contribution in [0.25, 0.3) is 5.52 Å². The minimum atomic E-state index is -0.870. The van der Waals surface area contributed by atoms with Crippen molar-refractivity contribution in [2.75, 3.05) is 13.6 Å². The summed E-state index contributed by atoms with van der Waals surface area (Å²) in [4.78, 5) is 22.8. The molecule has 2 atom stereocenters. The Morgan fingerprint density at radius 1 is 1.48 bits per heavy atom. The molecule has 4 rings (SSSR count). The molecule has 1 amide bonds. The predicted octanol–water partition coefficient (Wildman–Crippen LogP) is 1.10. The molecule has 1 aliphatic rings. The maximum atomic E-state index is 13.3. The van der Waals surface area contributed by atoms with Crippen molar-refractivity contribution in [3.05, 3.63) is 48.1 Å². The van der Waals surface area contributed by atoms with Crippen LogP contribution in [0.15, 0.2) is 30.6 Å². The molecule has 0 bridgehead atoms. The van der Waals surface area contributed by atoms with E-state index in [2.05, 4.69) is 25.5 Å². The van der Waals surface area contributed by atoms with Crippen LogP contribution in [0.1, 0.15) is 34.7 Å². The molecule has 1 aliphatic heterocycles. The topological polar surface area (TPSA) is 91.2 Å². The Labute approximate surface area is 143 Å². The third-order valence-corrected chi connectivity index (χ3v) is 4.30. The number of amides is 1. The molecule has 0 radical (unpaired) electrons. The van der Waals surface area contributed by atoms with E-state index in [-0.39, 0.29) is 18.5 Å². The van der Waals surface area contributed by atoms with Gasteiger partial charge in [-0.15, -0.1) is 0 Å². The van der Waals surface area contributed by atoms with Crippen molar-refractivity contribution >= 4 is 11.4 Å². The zero-order valence-electron chi connectivity index (χ0n) is 13.7. The number of rotatable bonds is 4. The van der Waals surface area contributed by atoms with E-state index in [4.69, 9.17) is 0 Å². The first kappa shape index (κ1) is 15.7. The fraction of sp³-hybridized carbons (Fsp3) is 0.375. The molecule has 3 aromatic rings. The molecule has 25 heavy (non-hydrogen) atoms. The quantitative estimate of drug-likeness (QED) is 0.740. The molecular weight excluding hydrogens is 325 g/mol. The second kappa shape index (κ2) is 6.25. The van der Waals surface area contributed by atoms with Gasteiger partial charge in [-0.05, 0) is 12.1 Å². The average molecular weight is 343 g/mol. The minimum Gasteiger partial charge on any atom is -0.332 e. The lowest BCUT2D eigenvalue weighted by molar-refractivity contribution is 0.0769. The van der Waals surface area contributed by atoms with E-state index in [0.29, 0.717) is 30.4 Å². The van der Waals surface area contributed by atoms with Crippen LogP contribution in [-0.4, -0.2) is 55.1 Å². The maximum Gasteiger partial charge on any atom is 0.290 e. The number of nitrogens with zero attached hydrogens (tertiary/aromatic N) is 5. The second-order valence-electron chi connectivity index (χ2n) is 6.17. The number of pyridine rings is 1. The summed E-state index contributed by atoms with van der Waals surface area (Å²) in [5.41, 5.74) is 0.856. The molecule has 9 heteroatoms. The monoisotopic (exact) mass is 343 g/mol. The molecule has 1 saturated heterocycles. The van der Waals surface area contributed by atoms with Crippen LogP contribution < -0.4 is 5.32 Å². The molecule has 0 spiro atoms. The Kier molecular flexibility index (Phi) is 3.92. The third kappa shape index (κ3) is 2.98. The zero-order valence-corrected chi connectivity index (χ0v) is 13.7. The Balaban J connectivity index is 1.47. The molecule has 8 nitrogen and oxygen atoms in total. The van der Waals surface area contributed by atoms with Gasteiger partial charge in [-0.2, -0.15) is 5.10 Å². The fourth-order valence-electron chi connectivity index (χ4n) is 3.00. The standard InChI is InChI=1S/C16H18FN7O/c1-23(16(25)15-19-8-11-4-2-3-5-24(11)15)9-13-20-14(22-21-13)12-6-10(17)7-18-12/h2-5,8,10,12,18H,6-7,9H2,1H3,(H,20,21,22)/t10-,12+/m0/s1. The Bertz CT molecular complexity index is 905. The summed E-state index contributed by atoms with van der Waals surface area (Å²) in [6, 6.07) is 5.45. The van der Waals surface area contributed by atoms with E-state index in [0.717, 1.165) is 5.52 Å². The Morgan fingerprint density at radius 2 is 2.36 bits per heavy atom. The van der Waals surface area contributed by atoms with Gasteiger partial charge < -0.3 is 10.2 Å². The number of carbonyl (C=O) groups is 1. The molecular formula is C16H18FN7O. The van der Waals surface area contributed by atoms with E-state index in [1.807, 2.05) is 18.2 Å². The number of aromatic amines is 1. The maximum absolute atomic E-state index is 13.3. The second-order valence-corrected chi connectivity index (χ2v) is 6.17. The molecule has 0 aromatic carbocycles. The molecule has 1 fully saturated rings. The summed E-state index contributed by atoms with van der Waals surface area (Å²) < 4.78 is 15.0. The van der Waals surface area contributed by atoms with Crippen molar-refractivity contribution in [2.24, 2.45) is 0 Å². The highest BCUT2D eigenvalue weighted by atomic mass is 19.1. The number of alkyl halides is 1. The molecule has 130 valence electrons. The predicted molar refractivity (Wildman–Crippen MR) is 87.6 cm³/mol. The highest BCUT2D eigenvalue weighted by molar-refractivity contribution is 5.91. The van der Waals surface area contributed by atoms with Gasteiger partial charge in [0.05, 0.1) is 24.3 Å². The van der Waals surface area contributed by atoms with Crippen molar-refractivity contribution in [3.8, 4) is 0 Å². The van der Waals surface area contributed by atoms with Gasteiger partial charge in [-0.1, -0.05) is 6.07 Å². The summed E-state index contributed by atoms with van der Waals surface area (Å²) in [6.45, 7) is 0.583. The Hall–Kier alpha value is -2.81. The molecule has 4 heterocycles. The lowest BCUT2D eigenvalue weighted by Crippen LogP contribution is -2.28. The van der Waals surface area contributed by atoms with Crippen molar-refractivity contribution in [3.63, 3.8) is 0 Å². The van der Waals surface area contributed by atoms with Gasteiger partial charge in [0, 0.05) is 26.2 Å². The molecule has 2 N–H and O–H groups in total.